The Balaban J connectivity index is 1.83. The van der Waals surface area contributed by atoms with Crippen LogP contribution in [0.15, 0.2) is 46.9 Å². The molecule has 5 heteroatoms. The molecule has 1 saturated heterocycles. The van der Waals surface area contributed by atoms with E-state index in [1.54, 1.807) is 11.0 Å². The van der Waals surface area contributed by atoms with Crippen LogP contribution in [0.3, 0.4) is 0 Å². The molecule has 3 nitrogen and oxygen atoms in total. The van der Waals surface area contributed by atoms with Crippen LogP contribution in [-0.2, 0) is 0 Å². The van der Waals surface area contributed by atoms with Crippen LogP contribution in [0.5, 0.6) is 5.75 Å². The standard InChI is InChI=1S/C19H19BrFNO2/c1-2-24-15-8-5-13(6-9-15)18-4-3-11-22(18)19(23)16-10-7-14(20)12-17(16)21/h5-10,12,18H,2-4,11H2,1H3/t18-/m1/s1. The van der Waals surface area contributed by atoms with Gasteiger partial charge in [0.25, 0.3) is 5.91 Å². The molecule has 2 aromatic rings. The van der Waals surface area contributed by atoms with Gasteiger partial charge in [0.05, 0.1) is 18.2 Å². The van der Waals surface area contributed by atoms with Crippen LogP contribution in [0.2, 0.25) is 0 Å². The summed E-state index contributed by atoms with van der Waals surface area (Å²) in [7, 11) is 0. The van der Waals surface area contributed by atoms with Crippen LogP contribution in [0.4, 0.5) is 4.39 Å². The summed E-state index contributed by atoms with van der Waals surface area (Å²) >= 11 is 3.22. The van der Waals surface area contributed by atoms with Crippen molar-refractivity contribution in [2.24, 2.45) is 0 Å². The zero-order chi connectivity index (χ0) is 17.1. The third kappa shape index (κ3) is 3.46. The SMILES string of the molecule is CCOc1ccc([C@H]2CCCN2C(=O)c2ccc(Br)cc2F)cc1. The van der Waals surface area contributed by atoms with Gasteiger partial charge in [0.15, 0.2) is 0 Å². The van der Waals surface area contributed by atoms with E-state index >= 15 is 0 Å². The van der Waals surface area contributed by atoms with E-state index in [0.29, 0.717) is 17.6 Å². The number of carbonyl (C=O) groups is 1. The first kappa shape index (κ1) is 17.0. The molecule has 1 aliphatic rings. The molecule has 1 fully saturated rings. The lowest BCUT2D eigenvalue weighted by Crippen LogP contribution is -2.31. The van der Waals surface area contributed by atoms with Gasteiger partial charge in [-0.3, -0.25) is 4.79 Å². The Bertz CT molecular complexity index is 733. The van der Waals surface area contributed by atoms with Crippen LogP contribution >= 0.6 is 15.9 Å². The molecule has 1 aliphatic heterocycles. The molecule has 2 aromatic carbocycles. The normalized spacial score (nSPS) is 17.1. The van der Waals surface area contributed by atoms with Crippen LogP contribution in [0.1, 0.15) is 41.7 Å². The van der Waals surface area contributed by atoms with E-state index in [4.69, 9.17) is 4.74 Å². The fourth-order valence-electron chi connectivity index (χ4n) is 3.13. The van der Waals surface area contributed by atoms with Crippen molar-refractivity contribution in [3.8, 4) is 5.75 Å². The number of carbonyl (C=O) groups excluding carboxylic acids is 1. The summed E-state index contributed by atoms with van der Waals surface area (Å²) in [6, 6.07) is 12.3. The van der Waals surface area contributed by atoms with Crippen molar-refractivity contribution in [1.82, 2.24) is 4.90 Å². The first-order valence-electron chi connectivity index (χ1n) is 8.09. The van der Waals surface area contributed by atoms with Gasteiger partial charge in [0.1, 0.15) is 11.6 Å². The van der Waals surface area contributed by atoms with E-state index in [1.807, 2.05) is 31.2 Å². The monoisotopic (exact) mass is 391 g/mol. The summed E-state index contributed by atoms with van der Waals surface area (Å²) in [6.07, 6.45) is 1.81. The van der Waals surface area contributed by atoms with Crippen molar-refractivity contribution in [2.45, 2.75) is 25.8 Å². The minimum Gasteiger partial charge on any atom is -0.494 e. The molecule has 24 heavy (non-hydrogen) atoms. The molecule has 3 rings (SSSR count). The highest BCUT2D eigenvalue weighted by atomic mass is 79.9. The summed E-state index contributed by atoms with van der Waals surface area (Å²) in [5.41, 5.74) is 1.18. The molecular formula is C19H19BrFNO2. The topological polar surface area (TPSA) is 29.5 Å². The highest BCUT2D eigenvalue weighted by molar-refractivity contribution is 9.10. The van der Waals surface area contributed by atoms with Crippen molar-refractivity contribution >= 4 is 21.8 Å². The maximum Gasteiger partial charge on any atom is 0.257 e. The molecule has 1 atom stereocenters. The van der Waals surface area contributed by atoms with E-state index in [9.17, 15) is 9.18 Å². The Labute approximate surface area is 149 Å². The Morgan fingerprint density at radius 3 is 2.71 bits per heavy atom. The molecule has 0 unspecified atom stereocenters. The van der Waals surface area contributed by atoms with Gasteiger partial charge in [-0.1, -0.05) is 28.1 Å². The fourth-order valence-corrected chi connectivity index (χ4v) is 3.46. The summed E-state index contributed by atoms with van der Waals surface area (Å²) in [5.74, 6) is 0.0687. The minimum absolute atomic E-state index is 0.0174. The molecule has 0 aromatic heterocycles. The highest BCUT2D eigenvalue weighted by Crippen LogP contribution is 2.34. The molecule has 0 aliphatic carbocycles. The molecule has 1 heterocycles. The maximum atomic E-state index is 14.1. The second-order valence-corrected chi connectivity index (χ2v) is 6.70. The summed E-state index contributed by atoms with van der Waals surface area (Å²) in [4.78, 5) is 14.5. The molecule has 126 valence electrons. The number of nitrogens with zero attached hydrogens (tertiary/aromatic N) is 1. The Morgan fingerprint density at radius 1 is 1.29 bits per heavy atom. The van der Waals surface area contributed by atoms with Gasteiger partial charge < -0.3 is 9.64 Å². The van der Waals surface area contributed by atoms with Gasteiger partial charge in [-0.05, 0) is 55.7 Å². The third-order valence-corrected chi connectivity index (χ3v) is 4.74. The van der Waals surface area contributed by atoms with Crippen molar-refractivity contribution in [3.63, 3.8) is 0 Å². The summed E-state index contributed by atoms with van der Waals surface area (Å²) in [6.45, 7) is 3.21. The lowest BCUT2D eigenvalue weighted by atomic mass is 10.0. The van der Waals surface area contributed by atoms with Gasteiger partial charge >= 0.3 is 0 Å². The molecule has 1 amide bonds. The lowest BCUT2D eigenvalue weighted by molar-refractivity contribution is 0.0731. The van der Waals surface area contributed by atoms with Crippen LogP contribution in [-0.4, -0.2) is 24.0 Å². The predicted octanol–water partition coefficient (Wildman–Crippen LogP) is 4.96. The van der Waals surface area contributed by atoms with Crippen LogP contribution < -0.4 is 4.74 Å². The molecule has 0 radical (unpaired) electrons. The number of hydrogen-bond donors (Lipinski definition) is 0. The lowest BCUT2D eigenvalue weighted by Gasteiger charge is -2.25. The number of ether oxygens (including phenoxy) is 1. The van der Waals surface area contributed by atoms with Gasteiger partial charge in [0, 0.05) is 11.0 Å². The average molecular weight is 392 g/mol. The van der Waals surface area contributed by atoms with E-state index in [0.717, 1.165) is 24.2 Å². The van der Waals surface area contributed by atoms with Crippen molar-refractivity contribution < 1.29 is 13.9 Å². The highest BCUT2D eigenvalue weighted by Gasteiger charge is 2.31. The van der Waals surface area contributed by atoms with Gasteiger partial charge in [-0.2, -0.15) is 0 Å². The zero-order valence-corrected chi connectivity index (χ0v) is 15.1. The van der Waals surface area contributed by atoms with Gasteiger partial charge in [-0.15, -0.1) is 0 Å². The molecule has 0 spiro atoms. The zero-order valence-electron chi connectivity index (χ0n) is 13.5. The van der Waals surface area contributed by atoms with E-state index in [2.05, 4.69) is 15.9 Å². The van der Waals surface area contributed by atoms with Crippen LogP contribution in [0.25, 0.3) is 0 Å². The second kappa shape index (κ2) is 7.34. The van der Waals surface area contributed by atoms with E-state index in [1.165, 1.54) is 12.1 Å². The smallest absolute Gasteiger partial charge is 0.257 e. The number of likely N-dealkylation sites (tertiary alicyclic amines) is 1. The van der Waals surface area contributed by atoms with Crippen LogP contribution in [0, 0.1) is 5.82 Å². The number of rotatable bonds is 4. The van der Waals surface area contributed by atoms with E-state index in [-0.39, 0.29) is 17.5 Å². The Kier molecular flexibility index (Phi) is 5.19. The molecular weight excluding hydrogens is 373 g/mol. The Hall–Kier alpha value is -1.88. The van der Waals surface area contributed by atoms with Gasteiger partial charge in [-0.25, -0.2) is 4.39 Å². The molecule has 0 N–H and O–H groups in total. The summed E-state index contributed by atoms with van der Waals surface area (Å²) in [5, 5.41) is 0. The fraction of sp³-hybridized carbons (Fsp3) is 0.316. The van der Waals surface area contributed by atoms with Crippen molar-refractivity contribution in [2.75, 3.05) is 13.2 Å². The minimum atomic E-state index is -0.494. The first-order valence-corrected chi connectivity index (χ1v) is 8.88. The Morgan fingerprint density at radius 2 is 2.04 bits per heavy atom. The number of amides is 1. The number of hydrogen-bond acceptors (Lipinski definition) is 2. The van der Waals surface area contributed by atoms with Crippen molar-refractivity contribution in [1.29, 1.82) is 0 Å². The predicted molar refractivity (Wildman–Crippen MR) is 94.7 cm³/mol. The molecule has 0 bridgehead atoms. The quantitative estimate of drug-likeness (QED) is 0.736. The number of benzene rings is 2. The second-order valence-electron chi connectivity index (χ2n) is 5.78. The molecule has 0 saturated carbocycles. The van der Waals surface area contributed by atoms with Crippen molar-refractivity contribution in [3.05, 3.63) is 63.9 Å². The van der Waals surface area contributed by atoms with E-state index < -0.39 is 5.82 Å². The number of halogens is 2. The van der Waals surface area contributed by atoms with Gasteiger partial charge in [0.2, 0.25) is 0 Å². The summed E-state index contributed by atoms with van der Waals surface area (Å²) < 4.78 is 20.2. The largest absolute Gasteiger partial charge is 0.494 e. The third-order valence-electron chi connectivity index (χ3n) is 4.25. The maximum absolute atomic E-state index is 14.1. The first-order chi connectivity index (χ1) is 11.6. The average Bonchev–Trinajstić information content (AvgIpc) is 3.05.